The van der Waals surface area contributed by atoms with Gasteiger partial charge in [0.15, 0.2) is 0 Å². The summed E-state index contributed by atoms with van der Waals surface area (Å²) in [6.07, 6.45) is 2.44. The predicted octanol–water partition coefficient (Wildman–Crippen LogP) is 2.23. The number of hydrogen-bond acceptors (Lipinski definition) is 3. The van der Waals surface area contributed by atoms with Crippen LogP contribution in [0.25, 0.3) is 0 Å². The third-order valence-electron chi connectivity index (χ3n) is 3.89. The Kier molecular flexibility index (Phi) is 5.36. The first-order valence-electron chi connectivity index (χ1n) is 6.98. The van der Waals surface area contributed by atoms with E-state index in [1.165, 1.54) is 0 Å². The molecule has 0 bridgehead atoms. The fraction of sp³-hybridized carbons (Fsp3) is 0.467. The molecule has 0 aromatic heterocycles. The highest BCUT2D eigenvalue weighted by Crippen LogP contribution is 2.25. The largest absolute Gasteiger partial charge is 0.478 e. The summed E-state index contributed by atoms with van der Waals surface area (Å²) >= 11 is 3.44. The maximum atomic E-state index is 10.9. The number of likely N-dealkylation sites (tertiary alicyclic amines) is 1. The molecule has 1 heterocycles. The molecule has 1 aliphatic heterocycles. The Hall–Kier alpha value is -1.40. The molecular formula is C15H19BrN2O3. The SMILES string of the molecule is NC(=O)CC1CCN(Cc2ccc(C(=O)O)cc2Br)CC1. The van der Waals surface area contributed by atoms with Crippen molar-refractivity contribution < 1.29 is 14.7 Å². The minimum absolute atomic E-state index is 0.222. The van der Waals surface area contributed by atoms with Gasteiger partial charge in [-0.2, -0.15) is 0 Å². The quantitative estimate of drug-likeness (QED) is 0.849. The topological polar surface area (TPSA) is 83.6 Å². The van der Waals surface area contributed by atoms with Crippen molar-refractivity contribution in [2.75, 3.05) is 13.1 Å². The van der Waals surface area contributed by atoms with Crippen molar-refractivity contribution in [1.29, 1.82) is 0 Å². The number of hydrogen-bond donors (Lipinski definition) is 2. The molecule has 1 aromatic carbocycles. The van der Waals surface area contributed by atoms with Crippen LogP contribution in [0.15, 0.2) is 22.7 Å². The molecule has 0 spiro atoms. The molecule has 0 radical (unpaired) electrons. The highest BCUT2D eigenvalue weighted by Gasteiger charge is 2.21. The van der Waals surface area contributed by atoms with E-state index in [9.17, 15) is 9.59 Å². The van der Waals surface area contributed by atoms with Crippen LogP contribution < -0.4 is 5.73 Å². The Bertz CT molecular complexity index is 540. The van der Waals surface area contributed by atoms with Gasteiger partial charge >= 0.3 is 5.97 Å². The van der Waals surface area contributed by atoms with Crippen molar-refractivity contribution in [3.63, 3.8) is 0 Å². The second-order valence-corrected chi connectivity index (χ2v) is 6.36. The summed E-state index contributed by atoms with van der Waals surface area (Å²) < 4.78 is 0.821. The number of primary amides is 1. The molecule has 0 saturated carbocycles. The van der Waals surface area contributed by atoms with Crippen LogP contribution in [-0.4, -0.2) is 35.0 Å². The second kappa shape index (κ2) is 7.04. The summed E-state index contributed by atoms with van der Waals surface area (Å²) in [5.74, 6) is -0.744. The van der Waals surface area contributed by atoms with Crippen LogP contribution >= 0.6 is 15.9 Å². The normalized spacial score (nSPS) is 16.8. The number of nitrogens with two attached hydrogens (primary N) is 1. The van der Waals surface area contributed by atoms with Crippen molar-refractivity contribution in [3.05, 3.63) is 33.8 Å². The maximum absolute atomic E-state index is 10.9. The molecule has 1 aromatic rings. The second-order valence-electron chi connectivity index (χ2n) is 5.50. The number of amides is 1. The molecular weight excluding hydrogens is 336 g/mol. The van der Waals surface area contributed by atoms with Crippen LogP contribution in [0.4, 0.5) is 0 Å². The summed E-state index contributed by atoms with van der Waals surface area (Å²) in [7, 11) is 0. The van der Waals surface area contributed by atoms with Gasteiger partial charge in [0.05, 0.1) is 5.56 Å². The number of benzene rings is 1. The van der Waals surface area contributed by atoms with Crippen molar-refractivity contribution in [2.45, 2.75) is 25.8 Å². The number of aromatic carboxylic acids is 1. The molecule has 5 nitrogen and oxygen atoms in total. The van der Waals surface area contributed by atoms with E-state index in [1.54, 1.807) is 12.1 Å². The first-order valence-corrected chi connectivity index (χ1v) is 7.77. The number of carbonyl (C=O) groups is 2. The number of halogens is 1. The van der Waals surface area contributed by atoms with E-state index in [1.807, 2.05) is 6.07 Å². The minimum Gasteiger partial charge on any atom is -0.478 e. The zero-order chi connectivity index (χ0) is 15.4. The zero-order valence-corrected chi connectivity index (χ0v) is 13.3. The molecule has 0 unspecified atom stereocenters. The van der Waals surface area contributed by atoms with Crippen molar-refractivity contribution in [3.8, 4) is 0 Å². The average molecular weight is 355 g/mol. The molecule has 0 aliphatic carbocycles. The first kappa shape index (κ1) is 16.0. The van der Waals surface area contributed by atoms with E-state index in [2.05, 4.69) is 20.8 Å². The van der Waals surface area contributed by atoms with E-state index in [4.69, 9.17) is 10.8 Å². The van der Waals surface area contributed by atoms with E-state index in [0.717, 1.165) is 42.5 Å². The lowest BCUT2D eigenvalue weighted by Crippen LogP contribution is -2.34. The average Bonchev–Trinajstić information content (AvgIpc) is 2.42. The fourth-order valence-corrected chi connectivity index (χ4v) is 3.19. The number of carboxylic acid groups (broad SMARTS) is 1. The summed E-state index contributed by atoms with van der Waals surface area (Å²) in [6, 6.07) is 5.11. The number of piperidine rings is 1. The van der Waals surface area contributed by atoms with Crippen molar-refractivity contribution in [1.82, 2.24) is 4.90 Å². The van der Waals surface area contributed by atoms with Crippen LogP contribution in [0.1, 0.15) is 35.2 Å². The third-order valence-corrected chi connectivity index (χ3v) is 4.63. The van der Waals surface area contributed by atoms with Crippen LogP contribution in [0, 0.1) is 5.92 Å². The van der Waals surface area contributed by atoms with Gasteiger partial charge in [0, 0.05) is 17.4 Å². The molecule has 1 aliphatic rings. The van der Waals surface area contributed by atoms with E-state index in [0.29, 0.717) is 12.3 Å². The third kappa shape index (κ3) is 4.54. The van der Waals surface area contributed by atoms with Gasteiger partial charge in [0.1, 0.15) is 0 Å². The van der Waals surface area contributed by atoms with Gasteiger partial charge < -0.3 is 10.8 Å². The summed E-state index contributed by atoms with van der Waals surface area (Å²) in [4.78, 5) is 24.2. The lowest BCUT2D eigenvalue weighted by atomic mass is 9.93. The van der Waals surface area contributed by atoms with E-state index >= 15 is 0 Å². The molecule has 1 saturated heterocycles. The molecule has 1 fully saturated rings. The molecule has 2 rings (SSSR count). The van der Waals surface area contributed by atoms with Crippen molar-refractivity contribution in [2.24, 2.45) is 11.7 Å². The Labute approximate surface area is 132 Å². The van der Waals surface area contributed by atoms with Gasteiger partial charge in [-0.25, -0.2) is 4.79 Å². The number of carboxylic acids is 1. The van der Waals surface area contributed by atoms with E-state index in [-0.39, 0.29) is 11.5 Å². The molecule has 114 valence electrons. The maximum Gasteiger partial charge on any atom is 0.335 e. The summed E-state index contributed by atoms with van der Waals surface area (Å²) in [6.45, 7) is 2.65. The summed E-state index contributed by atoms with van der Waals surface area (Å²) in [5, 5.41) is 8.95. The van der Waals surface area contributed by atoms with E-state index < -0.39 is 5.97 Å². The molecule has 3 N–H and O–H groups in total. The lowest BCUT2D eigenvalue weighted by molar-refractivity contribution is -0.119. The summed E-state index contributed by atoms with van der Waals surface area (Å²) in [5.41, 5.74) is 6.59. The van der Waals surface area contributed by atoms with Gasteiger partial charge in [-0.1, -0.05) is 22.0 Å². The fourth-order valence-electron chi connectivity index (χ4n) is 2.68. The molecule has 21 heavy (non-hydrogen) atoms. The monoisotopic (exact) mass is 354 g/mol. The van der Waals surface area contributed by atoms with Gasteiger partial charge in [-0.05, 0) is 49.5 Å². The predicted molar refractivity (Wildman–Crippen MR) is 82.9 cm³/mol. The Balaban J connectivity index is 1.91. The Morgan fingerprint density at radius 1 is 1.33 bits per heavy atom. The van der Waals surface area contributed by atoms with Gasteiger partial charge in [0.25, 0.3) is 0 Å². The van der Waals surface area contributed by atoms with Crippen molar-refractivity contribution >= 4 is 27.8 Å². The smallest absolute Gasteiger partial charge is 0.335 e. The van der Waals surface area contributed by atoms with Crippen LogP contribution in [-0.2, 0) is 11.3 Å². The first-order chi connectivity index (χ1) is 9.95. The lowest BCUT2D eigenvalue weighted by Gasteiger charge is -2.31. The Morgan fingerprint density at radius 2 is 2.00 bits per heavy atom. The van der Waals surface area contributed by atoms with Gasteiger partial charge in [-0.3, -0.25) is 9.69 Å². The molecule has 6 heteroatoms. The van der Waals surface area contributed by atoms with Gasteiger partial charge in [-0.15, -0.1) is 0 Å². The van der Waals surface area contributed by atoms with Crippen LogP contribution in [0.2, 0.25) is 0 Å². The number of carbonyl (C=O) groups excluding carboxylic acids is 1. The van der Waals surface area contributed by atoms with Crippen LogP contribution in [0.5, 0.6) is 0 Å². The van der Waals surface area contributed by atoms with Crippen LogP contribution in [0.3, 0.4) is 0 Å². The van der Waals surface area contributed by atoms with Gasteiger partial charge in [0.2, 0.25) is 5.91 Å². The zero-order valence-electron chi connectivity index (χ0n) is 11.7. The number of nitrogens with zero attached hydrogens (tertiary/aromatic N) is 1. The molecule has 1 amide bonds. The highest BCUT2D eigenvalue weighted by molar-refractivity contribution is 9.10. The molecule has 0 atom stereocenters. The number of rotatable bonds is 5. The minimum atomic E-state index is -0.922. The Morgan fingerprint density at radius 3 is 2.52 bits per heavy atom. The standard InChI is InChI=1S/C15H19BrN2O3/c16-13-8-11(15(20)21)1-2-12(13)9-18-5-3-10(4-6-18)7-14(17)19/h1-2,8,10H,3-7,9H2,(H2,17,19)(H,20,21). The highest BCUT2D eigenvalue weighted by atomic mass is 79.9.